The molecule has 39 heteroatoms. The number of anilines is 1. The van der Waals surface area contributed by atoms with Gasteiger partial charge in [0.1, 0.15) is 73.5 Å². The highest BCUT2D eigenvalue weighted by Crippen LogP contribution is 2.34. The summed E-state index contributed by atoms with van der Waals surface area (Å²) in [6.07, 6.45) is -25.3. The minimum absolute atomic E-state index is 0.0794. The first-order valence-corrected chi connectivity index (χ1v) is 38.0. The number of hydrogen-bond donors (Lipinski definition) is 16. The fraction of sp³-hybridized carbons (Fsp3) is 0.671. The van der Waals surface area contributed by atoms with Crippen LogP contribution in [0.3, 0.4) is 0 Å². The van der Waals surface area contributed by atoms with Gasteiger partial charge in [-0.05, 0) is 66.7 Å². The van der Waals surface area contributed by atoms with E-state index < -0.39 is 249 Å². The van der Waals surface area contributed by atoms with Crippen molar-refractivity contribution in [2.24, 2.45) is 29.6 Å². The Hall–Kier alpha value is -9.13. The number of nitrogens with one attached hydrogen (secondary N) is 7. The Morgan fingerprint density at radius 3 is 1.77 bits per heavy atom. The van der Waals surface area contributed by atoms with Gasteiger partial charge in [-0.3, -0.25) is 52.8 Å². The third-order valence-corrected chi connectivity index (χ3v) is 20.4. The minimum Gasteiger partial charge on any atom is -0.481 e. The Morgan fingerprint density at radius 1 is 0.626 bits per heavy atom. The minimum atomic E-state index is -2.11. The van der Waals surface area contributed by atoms with Crippen LogP contribution in [0.1, 0.15) is 133 Å². The Morgan fingerprint density at radius 2 is 1.22 bits per heavy atom. The summed E-state index contributed by atoms with van der Waals surface area (Å²) in [6.45, 7) is 15.0. The molecule has 115 heavy (non-hydrogen) atoms. The maximum absolute atomic E-state index is 15.0. The second-order valence-corrected chi connectivity index (χ2v) is 29.9. The summed E-state index contributed by atoms with van der Waals surface area (Å²) >= 11 is 0. The van der Waals surface area contributed by atoms with E-state index in [4.69, 9.17) is 39.6 Å². The number of carbonyl (C=O) groups is 13. The molecule has 0 radical (unpaired) electrons. The Labute approximate surface area is 667 Å². The number of carboxylic acid groups (broad SMARTS) is 3. The molecule has 3 fully saturated rings. The zero-order valence-corrected chi connectivity index (χ0v) is 67.0. The van der Waals surface area contributed by atoms with E-state index in [-0.39, 0.29) is 37.1 Å². The van der Waals surface area contributed by atoms with E-state index in [9.17, 15) is 103 Å². The summed E-state index contributed by atoms with van der Waals surface area (Å²) in [6, 6.07) is 6.34. The molecule has 3 heterocycles. The summed E-state index contributed by atoms with van der Waals surface area (Å²) in [4.78, 5) is 177. The van der Waals surface area contributed by atoms with Crippen molar-refractivity contribution in [2.45, 2.75) is 243 Å². The second kappa shape index (κ2) is 45.4. The highest BCUT2D eigenvalue weighted by atomic mass is 16.7. The number of aliphatic carboxylic acids is 3. The van der Waals surface area contributed by atoms with Crippen molar-refractivity contribution in [3.63, 3.8) is 0 Å². The summed E-state index contributed by atoms with van der Waals surface area (Å²) in [5.41, 5.74) is 0.926. The number of likely N-dealkylation sites (tertiary alicyclic amines) is 1. The van der Waals surface area contributed by atoms with Crippen LogP contribution in [0.5, 0.6) is 0 Å². The molecular weight excluding hydrogens is 1520 g/mol. The number of aliphatic hydroxyl groups excluding tert-OH is 6. The van der Waals surface area contributed by atoms with Gasteiger partial charge in [-0.25, -0.2) is 14.4 Å². The number of hydrogen-bond acceptors (Lipinski definition) is 26. The van der Waals surface area contributed by atoms with Crippen molar-refractivity contribution < 1.29 is 143 Å². The molecular formula is C76H116N10O29. The lowest BCUT2D eigenvalue weighted by molar-refractivity contribution is -0.307. The number of methoxy groups -OCH3 is 2. The predicted octanol–water partition coefficient (Wildman–Crippen LogP) is -1.54. The fourth-order valence-corrected chi connectivity index (χ4v) is 13.7. The van der Waals surface area contributed by atoms with E-state index in [0.29, 0.717) is 36.9 Å². The lowest BCUT2D eigenvalue weighted by atomic mass is 9.89. The molecule has 3 saturated heterocycles. The quantitative estimate of drug-likeness (QED) is 0.0358. The maximum Gasteiger partial charge on any atom is 0.410 e. The van der Waals surface area contributed by atoms with Crippen molar-refractivity contribution in [3.05, 3.63) is 65.7 Å². The van der Waals surface area contributed by atoms with Gasteiger partial charge in [-0.1, -0.05) is 111 Å². The number of amides is 10. The largest absolute Gasteiger partial charge is 0.481 e. The van der Waals surface area contributed by atoms with Gasteiger partial charge < -0.3 is 126 Å². The lowest BCUT2D eigenvalue weighted by Gasteiger charge is -2.41. The third-order valence-electron chi connectivity index (χ3n) is 20.4. The van der Waals surface area contributed by atoms with Crippen molar-refractivity contribution in [1.29, 1.82) is 0 Å². The molecule has 3 aliphatic heterocycles. The number of nitrogens with zero attached hydrogens (tertiary/aromatic N) is 3. The molecule has 0 bridgehead atoms. The Bertz CT molecular complexity index is 3640. The smallest absolute Gasteiger partial charge is 0.410 e. The van der Waals surface area contributed by atoms with Gasteiger partial charge >= 0.3 is 24.0 Å². The van der Waals surface area contributed by atoms with E-state index >= 15 is 0 Å². The van der Waals surface area contributed by atoms with Crippen molar-refractivity contribution in [3.8, 4) is 0 Å². The molecule has 10 amide bonds. The highest BCUT2D eigenvalue weighted by Gasteiger charge is 2.51. The fourth-order valence-electron chi connectivity index (χ4n) is 13.7. The molecule has 0 aromatic heterocycles. The molecule has 3 aliphatic rings. The van der Waals surface area contributed by atoms with Crippen molar-refractivity contribution >= 4 is 82.9 Å². The lowest BCUT2D eigenvalue weighted by Crippen LogP contribution is -2.61. The second-order valence-electron chi connectivity index (χ2n) is 29.9. The highest BCUT2D eigenvalue weighted by molar-refractivity contribution is 5.99. The molecule has 5 rings (SSSR count). The first kappa shape index (κ1) is 94.7. The van der Waals surface area contributed by atoms with Gasteiger partial charge in [0, 0.05) is 61.3 Å². The van der Waals surface area contributed by atoms with Crippen LogP contribution in [0.4, 0.5) is 10.5 Å². The normalized spacial score (nSPS) is 24.1. The van der Waals surface area contributed by atoms with Crippen LogP contribution in [-0.2, 0) is 97.3 Å². The van der Waals surface area contributed by atoms with Crippen LogP contribution in [0.2, 0.25) is 0 Å². The van der Waals surface area contributed by atoms with E-state index in [1.165, 1.54) is 50.4 Å². The van der Waals surface area contributed by atoms with Crippen LogP contribution in [0.15, 0.2) is 54.6 Å². The maximum atomic E-state index is 15.0. The molecule has 0 aliphatic carbocycles. The zero-order valence-electron chi connectivity index (χ0n) is 68.0. The van der Waals surface area contributed by atoms with Gasteiger partial charge in [0.25, 0.3) is 0 Å². The number of carbonyl (C=O) groups excluding carboxylic acids is 10. The van der Waals surface area contributed by atoms with Gasteiger partial charge in [0.2, 0.25) is 53.2 Å². The first-order valence-electron chi connectivity index (χ1n) is 38.6. The molecule has 1 unspecified atom stereocenters. The van der Waals surface area contributed by atoms with Crippen LogP contribution in [0.25, 0.3) is 0 Å². The third kappa shape index (κ3) is 27.0. The van der Waals surface area contributed by atoms with Gasteiger partial charge in [-0.2, -0.15) is 0 Å². The number of aliphatic hydroxyl groups is 6. The number of benzene rings is 2. The molecule has 0 spiro atoms. The zero-order chi connectivity index (χ0) is 87.0. The topological polar surface area (TPSA) is 563 Å². The van der Waals surface area contributed by atoms with Crippen molar-refractivity contribution in [1.82, 2.24) is 46.6 Å². The summed E-state index contributed by atoms with van der Waals surface area (Å²) < 4.78 is 47.7. The van der Waals surface area contributed by atoms with E-state index in [1.54, 1.807) is 97.7 Å². The average Bonchev–Trinajstić information content (AvgIpc) is 0.867. The first-order chi connectivity index (χ1) is 54.5. The molecule has 0 saturated carbocycles. The predicted molar refractivity (Wildman–Crippen MR) is 403 cm³/mol. The summed E-state index contributed by atoms with van der Waals surface area (Å²) in [7, 11) is 5.75. The molecule has 644 valence electrons. The van der Waals surface area contributed by atoms with Gasteiger partial charge in [0.05, 0.1) is 62.2 Å². The summed E-state index contributed by atoms with van der Waals surface area (Å²) in [5, 5.41) is 109. The van der Waals surface area contributed by atoms with Crippen LogP contribution in [-0.4, -0.2) is 308 Å². The van der Waals surface area contributed by atoms with E-state index in [0.717, 1.165) is 4.90 Å². The van der Waals surface area contributed by atoms with Crippen LogP contribution < -0.4 is 37.2 Å². The van der Waals surface area contributed by atoms with Gasteiger partial charge in [0.15, 0.2) is 24.8 Å². The SMILES string of the molecule is [3H]C(CC(=O)O)C(=O)NCC(=O)NCCC(=O)N[C@H](C(=O)N[C@@H](CO[C@@H]1O[C@H](C(=O)O)[C@@H](O)[C@H](O)[C@H]1O)C(=O)Nc1ccc(COC(=O)N(C)[C@H](C(=O)N[C@H](C(=O)N(C)[C@@H]([C@@H](C)CC)[C@@H](CC(=O)N2CCC[C@H]2[C@H](OC)[C@@H](C)C(=O)N[C@H](C)[C@@H](O[C@@H]2O[C@H](C(=O)O)[C@@H](O)[C@H](O)[C@H]2O)c2ccccc2)OC)C(C)C)C(C)C)cc1)C(C)C. The Kier molecular flexibility index (Phi) is 37.4. The van der Waals surface area contributed by atoms with Crippen LogP contribution in [0, 0.1) is 29.6 Å². The van der Waals surface area contributed by atoms with Gasteiger partial charge in [-0.15, -0.1) is 0 Å². The van der Waals surface area contributed by atoms with E-state index in [2.05, 4.69) is 37.2 Å². The molecule has 39 nitrogen and oxygen atoms in total. The number of likely N-dealkylation sites (N-methyl/N-ethyl adjacent to an activating group) is 2. The number of carboxylic acids is 3. The van der Waals surface area contributed by atoms with E-state index in [1.807, 2.05) is 13.8 Å². The standard InChI is InChI=1S/C76H116N10O29/c1-15-39(8)56(47(109-13)32-51(90)86-31-19-22-46(86)63(110-14)40(9)67(99)79-41(10)64(43-20-17-16-18-21-43)113-75-62(98)58(94)60(96)66(115-75)73(106)107)84(11)71(103)54(37(4)5)83-70(102)55(38(6)7)85(12)76(108)112-34-42-23-25-44(26-24-42)80-68(100)45(35-111-74-61(97)57(93)59(95)65(114-74)72(104)105)81-69(101)53(36(2)3)82-49(88)29-30-77-50(89)33-78-48(87)27-28-52(91)92/h16-18,20-21,23-26,36-41,45-47,53-66,74-75,93-98H,15,19,22,27-35H2,1-14H3,(H,77,89)(H,78,87)(H,79,99)(H,80,100)(H,81,101)(H,82,88)(H,83,102)(H,91,92)(H,104,105)(H,106,107)/t39-,40+,41+,45-,46-,47+,53-,54-,55-,56-,57-,58-,59-,60-,61+,62+,63+,64+,65-,66-,74+,75+/m0/s1/i27T/t27?,39-,40+,41+,45-,46-,47+,53-,54-,55-,56-,57-,58-,59-,60-,61+,62+,63+,64+,65-,66-,74+,75+. The Balaban J connectivity index is 1.23. The molecule has 2 aromatic rings. The molecule has 16 N–H and O–H groups in total. The number of ether oxygens (including phenoxy) is 7. The van der Waals surface area contributed by atoms with Crippen LogP contribution >= 0.6 is 0 Å². The average molecular weight is 1640 g/mol. The molecule has 2 aromatic carbocycles. The number of rotatable bonds is 43. The molecule has 23 atom stereocenters. The monoisotopic (exact) mass is 1630 g/mol. The summed E-state index contributed by atoms with van der Waals surface area (Å²) in [5.74, 6) is -14.4. The van der Waals surface area contributed by atoms with Crippen molar-refractivity contribution in [2.75, 3.05) is 59.9 Å².